The molecule has 1 saturated heterocycles. The van der Waals surface area contributed by atoms with Gasteiger partial charge in [-0.15, -0.1) is 6.58 Å². The van der Waals surface area contributed by atoms with E-state index < -0.39 is 23.4 Å². The first-order valence-electron chi connectivity index (χ1n) is 4.83. The van der Waals surface area contributed by atoms with Gasteiger partial charge in [-0.3, -0.25) is 8.37 Å². The van der Waals surface area contributed by atoms with Gasteiger partial charge in [0.1, 0.15) is 12.2 Å². The van der Waals surface area contributed by atoms with E-state index in [9.17, 15) is 9.00 Å². The zero-order valence-corrected chi connectivity index (χ0v) is 9.57. The Bertz CT molecular complexity index is 375. The van der Waals surface area contributed by atoms with E-state index in [-0.39, 0.29) is 12.0 Å². The Balaban J connectivity index is 2.25. The van der Waals surface area contributed by atoms with E-state index in [0.717, 1.165) is 0 Å². The molecule has 1 aliphatic carbocycles. The van der Waals surface area contributed by atoms with Gasteiger partial charge >= 0.3 is 17.3 Å². The van der Waals surface area contributed by atoms with E-state index in [2.05, 4.69) is 11.3 Å². The van der Waals surface area contributed by atoms with Crippen molar-refractivity contribution in [1.29, 1.82) is 0 Å². The van der Waals surface area contributed by atoms with Crippen LogP contribution >= 0.6 is 0 Å². The Morgan fingerprint density at radius 2 is 2.44 bits per heavy atom. The fraction of sp³-hybridized carbons (Fsp3) is 0.500. The molecule has 0 N–H and O–H groups in total. The second-order valence-electron chi connectivity index (χ2n) is 3.61. The van der Waals surface area contributed by atoms with Gasteiger partial charge in [0, 0.05) is 11.5 Å². The Hall–Kier alpha value is -0.980. The largest absolute Gasteiger partial charge is 0.466 e. The quantitative estimate of drug-likeness (QED) is 0.527. The molecule has 0 spiro atoms. The van der Waals surface area contributed by atoms with Gasteiger partial charge in [-0.2, -0.15) is 4.21 Å². The lowest BCUT2D eigenvalue weighted by Crippen LogP contribution is -2.34. The van der Waals surface area contributed by atoms with Crippen molar-refractivity contribution in [1.82, 2.24) is 0 Å². The van der Waals surface area contributed by atoms with E-state index in [4.69, 9.17) is 8.37 Å². The highest BCUT2D eigenvalue weighted by Crippen LogP contribution is 2.35. The molecule has 0 aromatic carbocycles. The summed E-state index contributed by atoms with van der Waals surface area (Å²) in [7, 11) is 1.32. The molecular weight excluding hydrogens is 232 g/mol. The van der Waals surface area contributed by atoms with E-state index >= 15 is 0 Å². The van der Waals surface area contributed by atoms with Gasteiger partial charge in [-0.25, -0.2) is 4.79 Å². The fourth-order valence-corrected chi connectivity index (χ4v) is 2.71. The molecule has 6 heteroatoms. The number of fused-ring (bicyclic) bond motifs is 1. The molecule has 0 aromatic rings. The number of methoxy groups -OCH3 is 1. The Labute approximate surface area is 95.9 Å². The van der Waals surface area contributed by atoms with Crippen LogP contribution in [0.4, 0.5) is 0 Å². The number of hydrogen-bond acceptors (Lipinski definition) is 5. The second-order valence-corrected chi connectivity index (χ2v) is 4.41. The lowest BCUT2D eigenvalue weighted by molar-refractivity contribution is -0.136. The summed E-state index contributed by atoms with van der Waals surface area (Å²) in [6.45, 7) is 3.68. The predicted molar refractivity (Wildman–Crippen MR) is 56.3 cm³/mol. The highest BCUT2D eigenvalue weighted by Gasteiger charge is 2.42. The summed E-state index contributed by atoms with van der Waals surface area (Å²) in [6, 6.07) is 0. The molecule has 4 atom stereocenters. The highest BCUT2D eigenvalue weighted by molar-refractivity contribution is 7.75. The summed E-state index contributed by atoms with van der Waals surface area (Å²) < 4.78 is 25.9. The number of carbonyl (C=O) groups excluding carboxylic acids is 1. The van der Waals surface area contributed by atoms with Crippen molar-refractivity contribution in [2.24, 2.45) is 5.92 Å². The average molecular weight is 244 g/mol. The van der Waals surface area contributed by atoms with Crippen LogP contribution in [0.15, 0.2) is 24.3 Å². The minimum Gasteiger partial charge on any atom is -0.466 e. The number of ether oxygens (including phenoxy) is 1. The molecule has 0 amide bonds. The van der Waals surface area contributed by atoms with Crippen LogP contribution in [0.5, 0.6) is 0 Å². The van der Waals surface area contributed by atoms with Gasteiger partial charge in [0.25, 0.3) is 0 Å². The molecule has 0 radical (unpaired) electrons. The Morgan fingerprint density at radius 1 is 1.69 bits per heavy atom. The van der Waals surface area contributed by atoms with E-state index in [0.29, 0.717) is 12.0 Å². The lowest BCUT2D eigenvalue weighted by Gasteiger charge is -2.26. The molecule has 2 unspecified atom stereocenters. The average Bonchev–Trinajstić information content (AvgIpc) is 2.66. The standard InChI is InChI=1S/C10H12O5S/c1-3-6-4-7(10(11)13-2)5-8-9(6)15-16(12)14-8/h3,5-6,8-9H,1,4H2,2H3/t6-,8-,9?,16?/m1/s1. The van der Waals surface area contributed by atoms with E-state index in [1.165, 1.54) is 7.11 Å². The number of hydrogen-bond donors (Lipinski definition) is 0. The lowest BCUT2D eigenvalue weighted by atomic mass is 9.85. The third-order valence-corrected chi connectivity index (χ3v) is 3.46. The first-order chi connectivity index (χ1) is 7.65. The molecule has 2 rings (SSSR count). The maximum absolute atomic E-state index is 11.4. The van der Waals surface area contributed by atoms with Crippen molar-refractivity contribution in [3.05, 3.63) is 24.3 Å². The summed E-state index contributed by atoms with van der Waals surface area (Å²) in [5.74, 6) is -0.484. The maximum Gasteiger partial charge on any atom is 0.333 e. The minimum absolute atomic E-state index is 0.0875. The molecule has 1 fully saturated rings. The van der Waals surface area contributed by atoms with Crippen molar-refractivity contribution in [3.8, 4) is 0 Å². The molecule has 1 heterocycles. The summed E-state index contributed by atoms with van der Waals surface area (Å²) in [6.07, 6.45) is 2.97. The van der Waals surface area contributed by atoms with Gasteiger partial charge in [0.15, 0.2) is 0 Å². The first-order valence-corrected chi connectivity index (χ1v) is 5.83. The topological polar surface area (TPSA) is 61.8 Å². The van der Waals surface area contributed by atoms with E-state index in [1.807, 2.05) is 0 Å². The Morgan fingerprint density at radius 3 is 3.06 bits per heavy atom. The van der Waals surface area contributed by atoms with Crippen LogP contribution in [0.1, 0.15) is 6.42 Å². The fourth-order valence-electron chi connectivity index (χ4n) is 1.89. The molecule has 88 valence electrons. The second kappa shape index (κ2) is 4.48. The van der Waals surface area contributed by atoms with Crippen LogP contribution in [0.25, 0.3) is 0 Å². The van der Waals surface area contributed by atoms with Crippen LogP contribution < -0.4 is 0 Å². The predicted octanol–water partition coefficient (Wildman–Crippen LogP) is 0.654. The normalized spacial score (nSPS) is 37.4. The zero-order chi connectivity index (χ0) is 11.7. The summed E-state index contributed by atoms with van der Waals surface area (Å²) in [5, 5.41) is 0. The van der Waals surface area contributed by atoms with Crippen molar-refractivity contribution in [3.63, 3.8) is 0 Å². The highest BCUT2D eigenvalue weighted by atomic mass is 32.2. The summed E-state index contributed by atoms with van der Waals surface area (Å²) in [5.41, 5.74) is 0.510. The third kappa shape index (κ3) is 1.95. The molecule has 1 aliphatic heterocycles. The van der Waals surface area contributed by atoms with Crippen LogP contribution in [-0.2, 0) is 29.3 Å². The van der Waals surface area contributed by atoms with Crippen molar-refractivity contribution >= 4 is 17.3 Å². The monoisotopic (exact) mass is 244 g/mol. The number of rotatable bonds is 2. The van der Waals surface area contributed by atoms with Crippen molar-refractivity contribution in [2.75, 3.05) is 7.11 Å². The SMILES string of the molecule is C=C[C@@H]1CC(C(=O)OC)=C[C@H]2OS(=O)OC12. The number of esters is 1. The third-order valence-electron chi connectivity index (χ3n) is 2.70. The van der Waals surface area contributed by atoms with Gasteiger partial charge < -0.3 is 4.74 Å². The summed E-state index contributed by atoms with van der Waals surface area (Å²) in [4.78, 5) is 11.4. The van der Waals surface area contributed by atoms with Crippen LogP contribution in [0, 0.1) is 5.92 Å². The van der Waals surface area contributed by atoms with Crippen molar-refractivity contribution < 1.29 is 22.1 Å². The van der Waals surface area contributed by atoms with Crippen LogP contribution in [0.3, 0.4) is 0 Å². The minimum atomic E-state index is -1.74. The Kier molecular flexibility index (Phi) is 3.22. The maximum atomic E-state index is 11.4. The molecule has 2 aliphatic rings. The van der Waals surface area contributed by atoms with Gasteiger partial charge in [-0.1, -0.05) is 6.08 Å². The zero-order valence-electron chi connectivity index (χ0n) is 8.75. The van der Waals surface area contributed by atoms with Gasteiger partial charge in [-0.05, 0) is 12.5 Å². The van der Waals surface area contributed by atoms with Crippen LogP contribution in [-0.4, -0.2) is 29.5 Å². The summed E-state index contributed by atoms with van der Waals surface area (Å²) >= 11 is -1.74. The van der Waals surface area contributed by atoms with Gasteiger partial charge in [0.2, 0.25) is 0 Å². The number of carbonyl (C=O) groups is 1. The van der Waals surface area contributed by atoms with E-state index in [1.54, 1.807) is 12.2 Å². The smallest absolute Gasteiger partial charge is 0.333 e. The molecule has 5 nitrogen and oxygen atoms in total. The van der Waals surface area contributed by atoms with Crippen LogP contribution in [0.2, 0.25) is 0 Å². The van der Waals surface area contributed by atoms with Gasteiger partial charge in [0.05, 0.1) is 7.11 Å². The molecule has 0 aromatic heterocycles. The molecular formula is C10H12O5S. The molecule has 16 heavy (non-hydrogen) atoms. The molecule has 0 bridgehead atoms. The first kappa shape index (κ1) is 11.5. The molecule has 0 saturated carbocycles. The van der Waals surface area contributed by atoms with Crippen molar-refractivity contribution in [2.45, 2.75) is 18.6 Å².